The van der Waals surface area contributed by atoms with Crippen LogP contribution in [0.15, 0.2) is 44.9 Å². The Kier molecular flexibility index (Phi) is 3.96. The molecule has 17 heavy (non-hydrogen) atoms. The van der Waals surface area contributed by atoms with E-state index in [9.17, 15) is 9.18 Å². The normalized spacial score (nSPS) is 10.5. The standard InChI is InChI=1S/C11H8BrFN2OS/c12-9-5-14-11(15-10(9)16)17-6-7-1-3-8(13)4-2-7/h1-5H,6H2,(H,14,15,16). The van der Waals surface area contributed by atoms with E-state index in [1.54, 1.807) is 12.1 Å². The highest BCUT2D eigenvalue weighted by Gasteiger charge is 2.01. The van der Waals surface area contributed by atoms with Gasteiger partial charge in [-0.05, 0) is 33.6 Å². The lowest BCUT2D eigenvalue weighted by Gasteiger charge is -2.01. The maximum atomic E-state index is 12.7. The highest BCUT2D eigenvalue weighted by molar-refractivity contribution is 9.10. The molecule has 0 fully saturated rings. The topological polar surface area (TPSA) is 45.8 Å². The molecule has 0 bridgehead atoms. The third kappa shape index (κ3) is 3.41. The number of halogens is 2. The number of thioether (sulfide) groups is 1. The van der Waals surface area contributed by atoms with Gasteiger partial charge >= 0.3 is 0 Å². The maximum Gasteiger partial charge on any atom is 0.265 e. The van der Waals surface area contributed by atoms with Crippen LogP contribution in [0.3, 0.4) is 0 Å². The van der Waals surface area contributed by atoms with Crippen LogP contribution in [-0.4, -0.2) is 9.97 Å². The Hall–Kier alpha value is -1.14. The second-order valence-electron chi connectivity index (χ2n) is 3.28. The van der Waals surface area contributed by atoms with Gasteiger partial charge in [-0.3, -0.25) is 4.79 Å². The van der Waals surface area contributed by atoms with E-state index < -0.39 is 0 Å². The Morgan fingerprint density at radius 2 is 2.06 bits per heavy atom. The molecule has 1 aromatic heterocycles. The summed E-state index contributed by atoms with van der Waals surface area (Å²) in [6, 6.07) is 6.24. The van der Waals surface area contributed by atoms with Crippen LogP contribution in [0.25, 0.3) is 0 Å². The van der Waals surface area contributed by atoms with Gasteiger partial charge in [0.05, 0.1) is 0 Å². The molecule has 6 heteroatoms. The summed E-state index contributed by atoms with van der Waals surface area (Å²) in [5, 5.41) is 0.544. The summed E-state index contributed by atoms with van der Waals surface area (Å²) >= 11 is 4.47. The minimum atomic E-state index is -0.256. The van der Waals surface area contributed by atoms with Crippen molar-refractivity contribution in [2.75, 3.05) is 0 Å². The fourth-order valence-electron chi connectivity index (χ4n) is 1.17. The molecule has 2 rings (SSSR count). The zero-order valence-electron chi connectivity index (χ0n) is 8.61. The minimum absolute atomic E-state index is 0.207. The SMILES string of the molecule is O=c1[nH]c(SCc2ccc(F)cc2)ncc1Br. The van der Waals surface area contributed by atoms with Crippen LogP contribution < -0.4 is 5.56 Å². The van der Waals surface area contributed by atoms with E-state index in [1.807, 2.05) is 0 Å². The molecule has 0 saturated carbocycles. The van der Waals surface area contributed by atoms with Crippen LogP contribution in [-0.2, 0) is 5.75 Å². The summed E-state index contributed by atoms with van der Waals surface area (Å²) in [5.74, 6) is 0.374. The number of hydrogen-bond acceptors (Lipinski definition) is 3. The van der Waals surface area contributed by atoms with Crippen molar-refractivity contribution in [3.63, 3.8) is 0 Å². The molecule has 0 aliphatic heterocycles. The molecule has 2 aromatic rings. The van der Waals surface area contributed by atoms with E-state index in [-0.39, 0.29) is 11.4 Å². The van der Waals surface area contributed by atoms with Gasteiger partial charge in [0.25, 0.3) is 5.56 Å². The summed E-state index contributed by atoms with van der Waals surface area (Å²) < 4.78 is 13.1. The molecule has 0 atom stereocenters. The smallest absolute Gasteiger partial charge is 0.265 e. The lowest BCUT2D eigenvalue weighted by Crippen LogP contribution is -2.08. The molecule has 0 spiro atoms. The number of aromatic nitrogens is 2. The van der Waals surface area contributed by atoms with E-state index in [0.29, 0.717) is 15.4 Å². The van der Waals surface area contributed by atoms with Gasteiger partial charge in [-0.1, -0.05) is 23.9 Å². The summed E-state index contributed by atoms with van der Waals surface area (Å²) in [6.45, 7) is 0. The fourth-order valence-corrected chi connectivity index (χ4v) is 2.16. The maximum absolute atomic E-state index is 12.7. The van der Waals surface area contributed by atoms with Crippen LogP contribution in [0.4, 0.5) is 4.39 Å². The molecular formula is C11H8BrFN2OS. The molecular weight excluding hydrogens is 307 g/mol. The molecule has 1 heterocycles. The van der Waals surface area contributed by atoms with Crippen molar-refractivity contribution in [2.24, 2.45) is 0 Å². The summed E-state index contributed by atoms with van der Waals surface area (Å²) in [7, 11) is 0. The molecule has 0 aliphatic carbocycles. The van der Waals surface area contributed by atoms with E-state index in [4.69, 9.17) is 0 Å². The monoisotopic (exact) mass is 314 g/mol. The van der Waals surface area contributed by atoms with Crippen molar-refractivity contribution in [3.05, 3.63) is 56.7 Å². The lowest BCUT2D eigenvalue weighted by atomic mass is 10.2. The second kappa shape index (κ2) is 5.46. The Morgan fingerprint density at radius 1 is 1.35 bits per heavy atom. The van der Waals surface area contributed by atoms with Crippen LogP contribution in [0, 0.1) is 5.82 Å². The van der Waals surface area contributed by atoms with E-state index in [2.05, 4.69) is 25.9 Å². The van der Waals surface area contributed by atoms with Gasteiger partial charge < -0.3 is 4.98 Å². The Morgan fingerprint density at radius 3 is 2.71 bits per heavy atom. The van der Waals surface area contributed by atoms with Gasteiger partial charge in [-0.2, -0.15) is 0 Å². The Labute approximate surface area is 110 Å². The van der Waals surface area contributed by atoms with Crippen molar-refractivity contribution in [1.29, 1.82) is 0 Å². The summed E-state index contributed by atoms with van der Waals surface area (Å²) in [4.78, 5) is 18.0. The van der Waals surface area contributed by atoms with Gasteiger partial charge in [0, 0.05) is 11.9 Å². The molecule has 3 nitrogen and oxygen atoms in total. The first-order chi connectivity index (χ1) is 8.15. The van der Waals surface area contributed by atoms with Crippen molar-refractivity contribution in [3.8, 4) is 0 Å². The number of nitrogens with zero attached hydrogens (tertiary/aromatic N) is 1. The quantitative estimate of drug-likeness (QED) is 0.700. The fraction of sp³-hybridized carbons (Fsp3) is 0.0909. The van der Waals surface area contributed by atoms with E-state index in [1.165, 1.54) is 30.1 Å². The lowest BCUT2D eigenvalue weighted by molar-refractivity contribution is 0.627. The van der Waals surface area contributed by atoms with Crippen LogP contribution in [0.5, 0.6) is 0 Å². The van der Waals surface area contributed by atoms with E-state index in [0.717, 1.165) is 5.56 Å². The minimum Gasteiger partial charge on any atom is -0.300 e. The second-order valence-corrected chi connectivity index (χ2v) is 5.10. The first-order valence-electron chi connectivity index (χ1n) is 4.77. The molecule has 1 aromatic carbocycles. The number of benzene rings is 1. The zero-order chi connectivity index (χ0) is 12.3. The van der Waals surface area contributed by atoms with Crippen molar-refractivity contribution in [2.45, 2.75) is 10.9 Å². The van der Waals surface area contributed by atoms with Crippen molar-refractivity contribution >= 4 is 27.7 Å². The van der Waals surface area contributed by atoms with E-state index >= 15 is 0 Å². The highest BCUT2D eigenvalue weighted by atomic mass is 79.9. The number of hydrogen-bond donors (Lipinski definition) is 1. The van der Waals surface area contributed by atoms with Crippen LogP contribution >= 0.6 is 27.7 Å². The summed E-state index contributed by atoms with van der Waals surface area (Å²) in [5.41, 5.74) is 0.767. The van der Waals surface area contributed by atoms with Gasteiger partial charge in [-0.15, -0.1) is 0 Å². The molecule has 0 unspecified atom stereocenters. The third-order valence-electron chi connectivity index (χ3n) is 2.02. The van der Waals surface area contributed by atoms with Gasteiger partial charge in [0.15, 0.2) is 5.16 Å². The number of rotatable bonds is 3. The first-order valence-corrected chi connectivity index (χ1v) is 6.55. The van der Waals surface area contributed by atoms with Gasteiger partial charge in [-0.25, -0.2) is 9.37 Å². The number of nitrogens with one attached hydrogen (secondary N) is 1. The highest BCUT2D eigenvalue weighted by Crippen LogP contribution is 2.18. The largest absolute Gasteiger partial charge is 0.300 e. The molecule has 88 valence electrons. The van der Waals surface area contributed by atoms with Crippen molar-refractivity contribution < 1.29 is 4.39 Å². The predicted octanol–water partition coefficient (Wildman–Crippen LogP) is 2.96. The molecule has 0 amide bonds. The molecule has 0 saturated heterocycles. The number of H-pyrrole nitrogens is 1. The average molecular weight is 315 g/mol. The Balaban J connectivity index is 2.04. The van der Waals surface area contributed by atoms with Crippen LogP contribution in [0.1, 0.15) is 5.56 Å². The molecule has 1 N–H and O–H groups in total. The molecule has 0 aliphatic rings. The first kappa shape index (κ1) is 12.3. The predicted molar refractivity (Wildman–Crippen MR) is 68.5 cm³/mol. The molecule has 0 radical (unpaired) electrons. The van der Waals surface area contributed by atoms with Crippen LogP contribution in [0.2, 0.25) is 0 Å². The Bertz CT molecular complexity index is 570. The zero-order valence-corrected chi connectivity index (χ0v) is 11.0. The number of aromatic amines is 1. The third-order valence-corrected chi connectivity index (χ3v) is 3.54. The van der Waals surface area contributed by atoms with Gasteiger partial charge in [0.2, 0.25) is 0 Å². The summed E-state index contributed by atoms with van der Waals surface area (Å²) in [6.07, 6.45) is 1.46. The average Bonchev–Trinajstić information content (AvgIpc) is 2.33. The van der Waals surface area contributed by atoms with Gasteiger partial charge in [0.1, 0.15) is 10.3 Å². The van der Waals surface area contributed by atoms with Crippen molar-refractivity contribution in [1.82, 2.24) is 9.97 Å².